The van der Waals surface area contributed by atoms with Gasteiger partial charge in [0.15, 0.2) is 0 Å². The van der Waals surface area contributed by atoms with E-state index in [4.69, 9.17) is 9.47 Å². The van der Waals surface area contributed by atoms with E-state index < -0.39 is 0 Å². The Labute approximate surface area is 159 Å². The smallest absolute Gasteiger partial charge is 0.266 e. The molecule has 0 atom stereocenters. The van der Waals surface area contributed by atoms with E-state index in [0.29, 0.717) is 28.4 Å². The first-order valence-electron chi connectivity index (χ1n) is 8.71. The van der Waals surface area contributed by atoms with Crippen LogP contribution in [0.25, 0.3) is 33.4 Å². The third-order valence-electron chi connectivity index (χ3n) is 4.85. The molecule has 0 radical (unpaired) electrons. The summed E-state index contributed by atoms with van der Waals surface area (Å²) in [6.45, 7) is 0. The molecule has 2 aromatic carbocycles. The van der Waals surface area contributed by atoms with E-state index >= 15 is 0 Å². The maximum Gasteiger partial charge on any atom is 0.266 e. The van der Waals surface area contributed by atoms with Gasteiger partial charge < -0.3 is 9.47 Å². The highest BCUT2D eigenvalue weighted by atomic mass is 16.5. The van der Waals surface area contributed by atoms with Gasteiger partial charge in [0, 0.05) is 18.5 Å². The molecule has 138 valence electrons. The Kier molecular flexibility index (Phi) is 3.55. The first-order chi connectivity index (χ1) is 13.7. The molecule has 7 heteroatoms. The van der Waals surface area contributed by atoms with Crippen molar-refractivity contribution in [2.24, 2.45) is 0 Å². The zero-order chi connectivity index (χ0) is 19.3. The Hall–Kier alpha value is -3.87. The number of ether oxygens (including phenoxy) is 2. The molecule has 28 heavy (non-hydrogen) atoms. The molecule has 3 heterocycles. The minimum Gasteiger partial charge on any atom is -0.497 e. The summed E-state index contributed by atoms with van der Waals surface area (Å²) in [7, 11) is 3.15. The fraction of sp³-hybridized carbons (Fsp3) is 0.0952. The number of pyridine rings is 1. The van der Waals surface area contributed by atoms with Crippen LogP contribution in [0.15, 0.2) is 65.7 Å². The minimum absolute atomic E-state index is 0.198. The molecule has 3 aromatic heterocycles. The number of rotatable bonds is 3. The number of imidazole rings is 1. The summed E-state index contributed by atoms with van der Waals surface area (Å²) in [6, 6.07) is 15.0. The topological polar surface area (TPSA) is 70.7 Å². The fourth-order valence-corrected chi connectivity index (χ4v) is 3.49. The van der Waals surface area contributed by atoms with Gasteiger partial charge in [0.05, 0.1) is 41.8 Å². The van der Waals surface area contributed by atoms with Crippen LogP contribution in [0.5, 0.6) is 11.5 Å². The number of benzene rings is 2. The SMILES string of the molecule is COc1ccc(OC)c(-n2ccc3c(cnc4nc5ccccc5n43)c2=O)c1. The first kappa shape index (κ1) is 16.3. The lowest BCUT2D eigenvalue weighted by Crippen LogP contribution is -2.19. The van der Waals surface area contributed by atoms with Crippen molar-refractivity contribution in [2.75, 3.05) is 14.2 Å². The molecule has 0 saturated heterocycles. The van der Waals surface area contributed by atoms with Gasteiger partial charge >= 0.3 is 0 Å². The molecule has 0 saturated carbocycles. The number of hydrogen-bond donors (Lipinski definition) is 0. The van der Waals surface area contributed by atoms with Gasteiger partial charge in [-0.25, -0.2) is 9.97 Å². The molecular formula is C21H16N4O3. The molecule has 0 unspecified atom stereocenters. The molecule has 5 aromatic rings. The van der Waals surface area contributed by atoms with Crippen molar-refractivity contribution < 1.29 is 9.47 Å². The average molecular weight is 372 g/mol. The van der Waals surface area contributed by atoms with Gasteiger partial charge in [0.2, 0.25) is 5.78 Å². The lowest BCUT2D eigenvalue weighted by atomic mass is 10.2. The van der Waals surface area contributed by atoms with Crippen molar-refractivity contribution in [1.82, 2.24) is 18.9 Å². The van der Waals surface area contributed by atoms with E-state index in [9.17, 15) is 4.79 Å². The van der Waals surface area contributed by atoms with Gasteiger partial charge in [0.25, 0.3) is 5.56 Å². The maximum atomic E-state index is 13.3. The zero-order valence-electron chi connectivity index (χ0n) is 15.3. The number of para-hydroxylation sites is 2. The molecule has 0 aliphatic heterocycles. The molecule has 0 bridgehead atoms. The second-order valence-electron chi connectivity index (χ2n) is 6.32. The number of aromatic nitrogens is 4. The van der Waals surface area contributed by atoms with Crippen LogP contribution in [-0.2, 0) is 0 Å². The lowest BCUT2D eigenvalue weighted by Gasteiger charge is -2.13. The first-order valence-corrected chi connectivity index (χ1v) is 8.71. The summed E-state index contributed by atoms with van der Waals surface area (Å²) in [5, 5.41) is 0.489. The van der Waals surface area contributed by atoms with E-state index in [2.05, 4.69) is 9.97 Å². The summed E-state index contributed by atoms with van der Waals surface area (Å²) < 4.78 is 14.2. The minimum atomic E-state index is -0.198. The quantitative estimate of drug-likeness (QED) is 0.486. The van der Waals surface area contributed by atoms with Gasteiger partial charge in [0.1, 0.15) is 11.5 Å². The van der Waals surface area contributed by atoms with Gasteiger partial charge in [-0.3, -0.25) is 13.8 Å². The average Bonchev–Trinajstić information content (AvgIpc) is 3.12. The Morgan fingerprint density at radius 3 is 2.64 bits per heavy atom. The summed E-state index contributed by atoms with van der Waals surface area (Å²) in [6.07, 6.45) is 3.30. The Morgan fingerprint density at radius 2 is 1.82 bits per heavy atom. The van der Waals surface area contributed by atoms with Crippen LogP contribution in [0, 0.1) is 0 Å². The number of hydrogen-bond acceptors (Lipinski definition) is 5. The second kappa shape index (κ2) is 6.09. The summed E-state index contributed by atoms with van der Waals surface area (Å²) >= 11 is 0. The third-order valence-corrected chi connectivity index (χ3v) is 4.85. The maximum absolute atomic E-state index is 13.3. The molecular weight excluding hydrogens is 356 g/mol. The molecule has 0 N–H and O–H groups in total. The zero-order valence-corrected chi connectivity index (χ0v) is 15.3. The largest absolute Gasteiger partial charge is 0.497 e. The number of nitrogens with zero attached hydrogens (tertiary/aromatic N) is 4. The third kappa shape index (κ3) is 2.26. The van der Waals surface area contributed by atoms with E-state index in [1.807, 2.05) is 34.7 Å². The molecule has 7 nitrogen and oxygen atoms in total. The Balaban J connectivity index is 1.85. The molecule has 5 rings (SSSR count). The predicted octanol–water partition coefficient (Wildman–Crippen LogP) is 3.20. The monoisotopic (exact) mass is 372 g/mol. The number of methoxy groups -OCH3 is 2. The molecule has 0 fully saturated rings. The Morgan fingerprint density at radius 1 is 0.964 bits per heavy atom. The van der Waals surface area contributed by atoms with Crippen LogP contribution >= 0.6 is 0 Å². The van der Waals surface area contributed by atoms with Crippen molar-refractivity contribution in [1.29, 1.82) is 0 Å². The van der Waals surface area contributed by atoms with Crippen LogP contribution in [0.3, 0.4) is 0 Å². The highest BCUT2D eigenvalue weighted by Gasteiger charge is 2.14. The second-order valence-corrected chi connectivity index (χ2v) is 6.32. The van der Waals surface area contributed by atoms with Crippen LogP contribution in [0.4, 0.5) is 0 Å². The standard InChI is InChI=1S/C21H16N4O3/c1-27-13-7-8-19(28-2)18(11-13)24-10-9-16-14(20(24)26)12-22-21-23-15-5-3-4-6-17(15)25(16)21/h3-12H,1-2H3. The van der Waals surface area contributed by atoms with E-state index in [-0.39, 0.29) is 5.56 Å². The van der Waals surface area contributed by atoms with Crippen molar-refractivity contribution in [3.8, 4) is 17.2 Å². The summed E-state index contributed by atoms with van der Waals surface area (Å²) in [5.41, 5.74) is 2.90. The van der Waals surface area contributed by atoms with Crippen molar-refractivity contribution in [3.05, 3.63) is 71.3 Å². The van der Waals surface area contributed by atoms with Gasteiger partial charge in [-0.1, -0.05) is 12.1 Å². The lowest BCUT2D eigenvalue weighted by molar-refractivity contribution is 0.401. The fourth-order valence-electron chi connectivity index (χ4n) is 3.49. The van der Waals surface area contributed by atoms with Crippen molar-refractivity contribution in [3.63, 3.8) is 0 Å². The van der Waals surface area contributed by atoms with Gasteiger partial charge in [-0.15, -0.1) is 0 Å². The Bertz CT molecular complexity index is 1420. The normalized spacial score (nSPS) is 11.4. The van der Waals surface area contributed by atoms with E-state index in [0.717, 1.165) is 16.6 Å². The van der Waals surface area contributed by atoms with Crippen LogP contribution in [-0.4, -0.2) is 33.2 Å². The van der Waals surface area contributed by atoms with E-state index in [1.165, 1.54) is 4.57 Å². The van der Waals surface area contributed by atoms with E-state index in [1.54, 1.807) is 44.8 Å². The number of fused-ring (bicyclic) bond motifs is 5. The molecule has 0 aliphatic carbocycles. The van der Waals surface area contributed by atoms with Crippen LogP contribution in [0.2, 0.25) is 0 Å². The van der Waals surface area contributed by atoms with Crippen molar-refractivity contribution in [2.45, 2.75) is 0 Å². The molecule has 0 aliphatic rings. The highest BCUT2D eigenvalue weighted by molar-refractivity contribution is 5.88. The van der Waals surface area contributed by atoms with Crippen LogP contribution < -0.4 is 15.0 Å². The van der Waals surface area contributed by atoms with Crippen molar-refractivity contribution >= 4 is 27.7 Å². The molecule has 0 spiro atoms. The molecule has 0 amide bonds. The van der Waals surface area contributed by atoms with Crippen LogP contribution in [0.1, 0.15) is 0 Å². The van der Waals surface area contributed by atoms with Gasteiger partial charge in [-0.2, -0.15) is 0 Å². The predicted molar refractivity (Wildman–Crippen MR) is 107 cm³/mol. The summed E-state index contributed by atoms with van der Waals surface area (Å²) in [4.78, 5) is 22.2. The highest BCUT2D eigenvalue weighted by Crippen LogP contribution is 2.27. The summed E-state index contributed by atoms with van der Waals surface area (Å²) in [5.74, 6) is 1.77. The van der Waals surface area contributed by atoms with Gasteiger partial charge in [-0.05, 0) is 30.3 Å².